The van der Waals surface area contributed by atoms with Crippen LogP contribution in [0, 0.1) is 5.82 Å². The summed E-state index contributed by atoms with van der Waals surface area (Å²) in [5.74, 6) is -0.864. The minimum absolute atomic E-state index is 0.213. The van der Waals surface area contributed by atoms with Crippen molar-refractivity contribution in [2.24, 2.45) is 0 Å². The predicted octanol–water partition coefficient (Wildman–Crippen LogP) is 1.83. The molecule has 3 aromatic rings. The van der Waals surface area contributed by atoms with Crippen molar-refractivity contribution in [1.29, 1.82) is 0 Å². The monoisotopic (exact) mass is 402 g/mol. The van der Waals surface area contributed by atoms with Crippen LogP contribution in [0.4, 0.5) is 10.1 Å². The highest BCUT2D eigenvalue weighted by molar-refractivity contribution is 6.81. The van der Waals surface area contributed by atoms with E-state index >= 15 is 0 Å². The molecule has 1 aliphatic rings. The highest BCUT2D eigenvalue weighted by Crippen LogP contribution is 2.21. The van der Waals surface area contributed by atoms with Gasteiger partial charge in [0.05, 0.1) is 0 Å². The van der Waals surface area contributed by atoms with Crippen molar-refractivity contribution in [2.75, 3.05) is 11.4 Å². The third-order valence-electron chi connectivity index (χ3n) is 5.29. The van der Waals surface area contributed by atoms with Crippen LogP contribution in [0.1, 0.15) is 33.2 Å². The number of hydrogen-bond donors (Lipinski definition) is 2. The molecule has 4 rings (SSSR count). The van der Waals surface area contributed by atoms with E-state index in [1.165, 1.54) is 12.1 Å². The van der Waals surface area contributed by atoms with Crippen molar-refractivity contribution in [1.82, 2.24) is 5.32 Å². The van der Waals surface area contributed by atoms with Crippen LogP contribution in [0.25, 0.3) is 0 Å². The van der Waals surface area contributed by atoms with Gasteiger partial charge in [0.1, 0.15) is 5.82 Å². The number of amides is 2. The van der Waals surface area contributed by atoms with E-state index in [1.807, 2.05) is 6.92 Å². The van der Waals surface area contributed by atoms with Crippen LogP contribution in [0.2, 0.25) is 0 Å². The van der Waals surface area contributed by atoms with Crippen molar-refractivity contribution in [2.45, 2.75) is 13.5 Å². The number of nitrogens with one attached hydrogen (secondary N) is 1. The standard InChI is InChI=1S/C23H20BFN2O3/c1-2-27-21-13-16(22(28)26-14-15-7-10-17(25)11-8-15)9-12-20(21)24(30)19-6-4-3-5-18(19)23(27)29/h3-13,30H,2,14H2,1H3,(H,26,28). The molecule has 5 nitrogen and oxygen atoms in total. The first-order valence-corrected chi connectivity index (χ1v) is 9.75. The zero-order chi connectivity index (χ0) is 21.3. The lowest BCUT2D eigenvalue weighted by atomic mass is 9.54. The van der Waals surface area contributed by atoms with E-state index in [1.54, 1.807) is 59.5 Å². The van der Waals surface area contributed by atoms with E-state index < -0.39 is 6.92 Å². The smallest absolute Gasteiger partial charge is 0.361 e. The number of halogens is 1. The molecule has 0 aliphatic carbocycles. The second-order valence-electron chi connectivity index (χ2n) is 7.12. The largest absolute Gasteiger partial charge is 0.443 e. The molecule has 0 atom stereocenters. The molecule has 0 spiro atoms. The lowest BCUT2D eigenvalue weighted by Crippen LogP contribution is -2.43. The van der Waals surface area contributed by atoms with Gasteiger partial charge in [-0.2, -0.15) is 0 Å². The quantitative estimate of drug-likeness (QED) is 0.655. The Labute approximate surface area is 174 Å². The molecule has 0 saturated carbocycles. The molecule has 0 radical (unpaired) electrons. The molecule has 0 bridgehead atoms. The van der Waals surface area contributed by atoms with Crippen LogP contribution in [-0.4, -0.2) is 30.3 Å². The maximum Gasteiger partial charge on any atom is 0.361 e. The Bertz CT molecular complexity index is 1120. The average Bonchev–Trinajstić information content (AvgIpc) is 2.86. The SMILES string of the molecule is CCN1C(=O)c2ccccc2B(O)c2ccc(C(=O)NCc3ccc(F)cc3)cc21. The number of carbonyl (C=O) groups is 2. The number of fused-ring (bicyclic) bond motifs is 2. The molecule has 30 heavy (non-hydrogen) atoms. The van der Waals surface area contributed by atoms with E-state index in [0.717, 1.165) is 5.56 Å². The Morgan fingerprint density at radius 1 is 1.07 bits per heavy atom. The Hall–Kier alpha value is -3.45. The van der Waals surface area contributed by atoms with E-state index in [4.69, 9.17) is 0 Å². The fourth-order valence-corrected chi connectivity index (χ4v) is 3.70. The fraction of sp³-hybridized carbons (Fsp3) is 0.130. The van der Waals surface area contributed by atoms with Crippen molar-refractivity contribution in [3.05, 3.63) is 89.2 Å². The van der Waals surface area contributed by atoms with Crippen LogP contribution < -0.4 is 21.1 Å². The summed E-state index contributed by atoms with van der Waals surface area (Å²) >= 11 is 0. The molecule has 150 valence electrons. The van der Waals surface area contributed by atoms with E-state index in [0.29, 0.717) is 34.3 Å². The van der Waals surface area contributed by atoms with Crippen LogP contribution >= 0.6 is 0 Å². The van der Waals surface area contributed by atoms with Gasteiger partial charge in [0.2, 0.25) is 0 Å². The van der Waals surface area contributed by atoms with Crippen LogP contribution in [-0.2, 0) is 6.54 Å². The van der Waals surface area contributed by atoms with Crippen molar-refractivity contribution in [3.63, 3.8) is 0 Å². The van der Waals surface area contributed by atoms with Crippen LogP contribution in [0.3, 0.4) is 0 Å². The Morgan fingerprint density at radius 2 is 1.80 bits per heavy atom. The van der Waals surface area contributed by atoms with E-state index in [2.05, 4.69) is 5.32 Å². The summed E-state index contributed by atoms with van der Waals surface area (Å²) in [5.41, 5.74) is 3.24. The van der Waals surface area contributed by atoms with Crippen LogP contribution in [0.15, 0.2) is 66.7 Å². The zero-order valence-electron chi connectivity index (χ0n) is 16.4. The van der Waals surface area contributed by atoms with Gasteiger partial charge in [0, 0.05) is 29.9 Å². The molecule has 0 aromatic heterocycles. The molecular weight excluding hydrogens is 382 g/mol. The van der Waals surface area contributed by atoms with Gasteiger partial charge in [-0.1, -0.05) is 36.4 Å². The lowest BCUT2D eigenvalue weighted by Gasteiger charge is -2.22. The minimum atomic E-state index is -0.965. The zero-order valence-corrected chi connectivity index (χ0v) is 16.4. The first-order chi connectivity index (χ1) is 14.5. The second kappa shape index (κ2) is 8.12. The maximum absolute atomic E-state index is 13.1. The molecule has 2 amide bonds. The average molecular weight is 402 g/mol. The summed E-state index contributed by atoms with van der Waals surface area (Å²) in [4.78, 5) is 27.3. The maximum atomic E-state index is 13.1. The predicted molar refractivity (Wildman–Crippen MR) is 115 cm³/mol. The summed E-state index contributed by atoms with van der Waals surface area (Å²) in [5, 5.41) is 13.7. The van der Waals surface area contributed by atoms with Gasteiger partial charge in [-0.15, -0.1) is 0 Å². The fourth-order valence-electron chi connectivity index (χ4n) is 3.70. The van der Waals surface area contributed by atoms with Gasteiger partial charge < -0.3 is 15.2 Å². The van der Waals surface area contributed by atoms with Gasteiger partial charge in [-0.05, 0) is 53.7 Å². The highest BCUT2D eigenvalue weighted by Gasteiger charge is 2.34. The lowest BCUT2D eigenvalue weighted by molar-refractivity contribution is 0.0948. The number of rotatable bonds is 4. The van der Waals surface area contributed by atoms with Crippen molar-refractivity contribution < 1.29 is 19.0 Å². The summed E-state index contributed by atoms with van der Waals surface area (Å²) in [7, 11) is 0. The minimum Gasteiger partial charge on any atom is -0.443 e. The Morgan fingerprint density at radius 3 is 2.53 bits per heavy atom. The molecule has 0 fully saturated rings. The van der Waals surface area contributed by atoms with Gasteiger partial charge in [-0.25, -0.2) is 4.39 Å². The van der Waals surface area contributed by atoms with E-state index in [-0.39, 0.29) is 24.2 Å². The molecular formula is C23H20BFN2O3. The number of anilines is 1. The summed E-state index contributed by atoms with van der Waals surface area (Å²) in [6, 6.07) is 17.8. The Kier molecular flexibility index (Phi) is 5.38. The normalized spacial score (nSPS) is 12.8. The van der Waals surface area contributed by atoms with Crippen LogP contribution in [0.5, 0.6) is 0 Å². The molecule has 1 aliphatic heterocycles. The topological polar surface area (TPSA) is 69.6 Å². The van der Waals surface area contributed by atoms with Gasteiger partial charge in [0.15, 0.2) is 0 Å². The van der Waals surface area contributed by atoms with Gasteiger partial charge in [0.25, 0.3) is 11.8 Å². The summed E-state index contributed by atoms with van der Waals surface area (Å²) < 4.78 is 13.0. The molecule has 1 heterocycles. The van der Waals surface area contributed by atoms with Gasteiger partial charge >= 0.3 is 6.92 Å². The number of carbonyl (C=O) groups excluding carboxylic acids is 2. The van der Waals surface area contributed by atoms with Crippen molar-refractivity contribution >= 4 is 35.3 Å². The first-order valence-electron chi connectivity index (χ1n) is 9.75. The molecule has 2 N–H and O–H groups in total. The van der Waals surface area contributed by atoms with Crippen molar-refractivity contribution in [3.8, 4) is 0 Å². The molecule has 3 aromatic carbocycles. The molecule has 0 unspecified atom stereocenters. The summed E-state index contributed by atoms with van der Waals surface area (Å²) in [6.07, 6.45) is 0. The third kappa shape index (κ3) is 3.60. The Balaban J connectivity index is 1.65. The highest BCUT2D eigenvalue weighted by atomic mass is 19.1. The summed E-state index contributed by atoms with van der Waals surface area (Å²) in [6.45, 7) is 1.53. The number of hydrogen-bond acceptors (Lipinski definition) is 3. The number of nitrogens with zero attached hydrogens (tertiary/aromatic N) is 1. The third-order valence-corrected chi connectivity index (χ3v) is 5.29. The first kappa shape index (κ1) is 19.9. The number of benzene rings is 3. The van der Waals surface area contributed by atoms with E-state index in [9.17, 15) is 19.0 Å². The van der Waals surface area contributed by atoms with Gasteiger partial charge in [-0.3, -0.25) is 9.59 Å². The molecule has 0 saturated heterocycles. The second-order valence-corrected chi connectivity index (χ2v) is 7.12. The molecule has 7 heteroatoms.